The van der Waals surface area contributed by atoms with E-state index < -0.39 is 0 Å². The van der Waals surface area contributed by atoms with Crippen LogP contribution in [0.5, 0.6) is 0 Å². The molecule has 0 saturated heterocycles. The summed E-state index contributed by atoms with van der Waals surface area (Å²) in [5.74, 6) is 1.33. The molecule has 8 heteroatoms. The Morgan fingerprint density at radius 2 is 2.08 bits per heavy atom. The molecular formula is C16H21Cl2N5O. The fourth-order valence-electron chi connectivity index (χ4n) is 1.98. The maximum Gasteiger partial charge on any atom is 0.232 e. The molecule has 24 heavy (non-hydrogen) atoms. The van der Waals surface area contributed by atoms with Crippen LogP contribution in [0.2, 0.25) is 10.0 Å². The molecule has 1 unspecified atom stereocenters. The van der Waals surface area contributed by atoms with Gasteiger partial charge in [0.05, 0.1) is 6.04 Å². The number of nitrogens with zero attached hydrogens (tertiary/aromatic N) is 3. The number of hydrogen-bond donors (Lipinski definition) is 2. The Balaban J connectivity index is 1.99. The van der Waals surface area contributed by atoms with Gasteiger partial charge in [0.1, 0.15) is 6.54 Å². The van der Waals surface area contributed by atoms with Crippen LogP contribution in [-0.4, -0.2) is 16.1 Å². The van der Waals surface area contributed by atoms with Crippen molar-refractivity contribution in [3.63, 3.8) is 0 Å². The Hall–Kier alpha value is -1.79. The third-order valence-corrected chi connectivity index (χ3v) is 3.86. The van der Waals surface area contributed by atoms with Crippen molar-refractivity contribution >= 4 is 29.2 Å². The quantitative estimate of drug-likeness (QED) is 0.631. The van der Waals surface area contributed by atoms with Gasteiger partial charge < -0.3 is 15.6 Å². The van der Waals surface area contributed by atoms with E-state index in [-0.39, 0.29) is 24.0 Å². The lowest BCUT2D eigenvalue weighted by molar-refractivity contribution is 0.318. The second-order valence-corrected chi connectivity index (χ2v) is 7.34. The van der Waals surface area contributed by atoms with Gasteiger partial charge in [0.15, 0.2) is 11.8 Å². The van der Waals surface area contributed by atoms with Gasteiger partial charge in [-0.05, 0) is 24.6 Å². The summed E-state index contributed by atoms with van der Waals surface area (Å²) in [5, 5.41) is 8.14. The van der Waals surface area contributed by atoms with Crippen LogP contribution in [-0.2, 0) is 12.0 Å². The number of rotatable bonds is 4. The Kier molecular flexibility index (Phi) is 5.72. The van der Waals surface area contributed by atoms with Crippen LogP contribution in [0.3, 0.4) is 0 Å². The van der Waals surface area contributed by atoms with E-state index in [0.717, 1.165) is 5.56 Å². The fourth-order valence-corrected chi connectivity index (χ4v) is 2.55. The van der Waals surface area contributed by atoms with Gasteiger partial charge in [0.25, 0.3) is 0 Å². The van der Waals surface area contributed by atoms with Gasteiger partial charge >= 0.3 is 0 Å². The topological polar surface area (TPSA) is 89.3 Å². The van der Waals surface area contributed by atoms with Crippen LogP contribution in [0.15, 0.2) is 27.7 Å². The molecule has 1 aromatic heterocycles. The van der Waals surface area contributed by atoms with Crippen molar-refractivity contribution in [1.29, 1.82) is 0 Å². The van der Waals surface area contributed by atoms with Crippen LogP contribution in [0.4, 0.5) is 0 Å². The molecule has 0 aliphatic heterocycles. The number of aromatic nitrogens is 2. The molecule has 0 amide bonds. The Bertz CT molecular complexity index is 736. The number of aliphatic imine (C=N–C) groups is 1. The minimum Gasteiger partial charge on any atom is -0.370 e. The maximum atomic E-state index is 6.19. The predicted molar refractivity (Wildman–Crippen MR) is 96.3 cm³/mol. The Morgan fingerprint density at radius 3 is 2.67 bits per heavy atom. The summed E-state index contributed by atoms with van der Waals surface area (Å²) in [5.41, 5.74) is 6.60. The summed E-state index contributed by atoms with van der Waals surface area (Å²) in [4.78, 5) is 8.54. The Labute approximate surface area is 151 Å². The van der Waals surface area contributed by atoms with Crippen molar-refractivity contribution in [1.82, 2.24) is 15.5 Å². The van der Waals surface area contributed by atoms with Crippen LogP contribution in [0, 0.1) is 0 Å². The first kappa shape index (κ1) is 18.5. The molecule has 3 N–H and O–H groups in total. The lowest BCUT2D eigenvalue weighted by Gasteiger charge is -2.16. The summed E-state index contributed by atoms with van der Waals surface area (Å²) in [6.45, 7) is 8.17. The van der Waals surface area contributed by atoms with Crippen molar-refractivity contribution in [3.8, 4) is 0 Å². The van der Waals surface area contributed by atoms with Crippen molar-refractivity contribution in [2.75, 3.05) is 0 Å². The number of nitrogens with two attached hydrogens (primary N) is 1. The lowest BCUT2D eigenvalue weighted by atomic mass is 9.97. The summed E-state index contributed by atoms with van der Waals surface area (Å²) in [7, 11) is 0. The van der Waals surface area contributed by atoms with E-state index >= 15 is 0 Å². The zero-order valence-corrected chi connectivity index (χ0v) is 15.6. The summed E-state index contributed by atoms with van der Waals surface area (Å²) >= 11 is 12.1. The van der Waals surface area contributed by atoms with E-state index in [0.29, 0.717) is 21.8 Å². The van der Waals surface area contributed by atoms with Crippen LogP contribution in [0.1, 0.15) is 51.0 Å². The molecular weight excluding hydrogens is 349 g/mol. The molecule has 0 saturated carbocycles. The van der Waals surface area contributed by atoms with E-state index in [2.05, 4.69) is 20.4 Å². The fraction of sp³-hybridized carbons (Fsp3) is 0.438. The lowest BCUT2D eigenvalue weighted by Crippen LogP contribution is -2.34. The maximum absolute atomic E-state index is 6.19. The summed E-state index contributed by atoms with van der Waals surface area (Å²) in [6.07, 6.45) is 0. The molecule has 0 fully saturated rings. The second-order valence-electron chi connectivity index (χ2n) is 6.50. The molecule has 2 aromatic rings. The SMILES string of the molecule is CC(NC(N)=NCc1noc(C(C)(C)C)n1)c1ccc(Cl)cc1Cl. The normalized spacial score (nSPS) is 13.8. The second kappa shape index (κ2) is 7.40. The number of hydrogen-bond acceptors (Lipinski definition) is 4. The van der Waals surface area contributed by atoms with Gasteiger partial charge in [0, 0.05) is 15.5 Å². The molecule has 1 aromatic carbocycles. The van der Waals surface area contributed by atoms with Crippen molar-refractivity contribution in [2.45, 2.75) is 45.7 Å². The molecule has 130 valence electrons. The smallest absolute Gasteiger partial charge is 0.232 e. The highest BCUT2D eigenvalue weighted by molar-refractivity contribution is 6.35. The molecule has 6 nitrogen and oxygen atoms in total. The Morgan fingerprint density at radius 1 is 1.38 bits per heavy atom. The third kappa shape index (κ3) is 4.85. The van der Waals surface area contributed by atoms with Gasteiger partial charge in [-0.3, -0.25) is 0 Å². The molecule has 0 radical (unpaired) electrons. The van der Waals surface area contributed by atoms with Gasteiger partial charge in [-0.2, -0.15) is 4.98 Å². The zero-order chi connectivity index (χ0) is 17.9. The van der Waals surface area contributed by atoms with Gasteiger partial charge in [-0.1, -0.05) is 55.2 Å². The number of benzene rings is 1. The number of halogens is 2. The van der Waals surface area contributed by atoms with E-state index in [4.69, 9.17) is 33.5 Å². The van der Waals surface area contributed by atoms with Crippen LogP contribution in [0.25, 0.3) is 0 Å². The van der Waals surface area contributed by atoms with E-state index in [1.807, 2.05) is 33.8 Å². The average Bonchev–Trinajstić information content (AvgIpc) is 2.93. The van der Waals surface area contributed by atoms with E-state index in [1.54, 1.807) is 12.1 Å². The standard InChI is InChI=1S/C16H21Cl2N5O/c1-9(11-6-5-10(17)7-12(11)18)21-15(19)20-8-13-22-14(24-23-13)16(2,3)4/h5-7,9H,8H2,1-4H3,(H3,19,20,21). The number of nitrogens with one attached hydrogen (secondary N) is 1. The van der Waals surface area contributed by atoms with Crippen molar-refractivity contribution in [2.24, 2.45) is 10.7 Å². The van der Waals surface area contributed by atoms with Crippen molar-refractivity contribution in [3.05, 3.63) is 45.5 Å². The zero-order valence-electron chi connectivity index (χ0n) is 14.1. The average molecular weight is 370 g/mol. The van der Waals surface area contributed by atoms with Gasteiger partial charge in [-0.15, -0.1) is 0 Å². The molecule has 0 aliphatic carbocycles. The van der Waals surface area contributed by atoms with Crippen LogP contribution < -0.4 is 11.1 Å². The first-order valence-electron chi connectivity index (χ1n) is 7.51. The van der Waals surface area contributed by atoms with E-state index in [9.17, 15) is 0 Å². The minimum absolute atomic E-state index is 0.117. The molecule has 0 aliphatic rings. The minimum atomic E-state index is -0.196. The van der Waals surface area contributed by atoms with E-state index in [1.165, 1.54) is 0 Å². The largest absolute Gasteiger partial charge is 0.370 e. The van der Waals surface area contributed by atoms with Crippen molar-refractivity contribution < 1.29 is 4.52 Å². The molecule has 1 heterocycles. The van der Waals surface area contributed by atoms with Crippen LogP contribution >= 0.6 is 23.2 Å². The highest BCUT2D eigenvalue weighted by atomic mass is 35.5. The highest BCUT2D eigenvalue weighted by Crippen LogP contribution is 2.26. The first-order valence-corrected chi connectivity index (χ1v) is 8.27. The molecule has 2 rings (SSSR count). The first-order chi connectivity index (χ1) is 11.2. The molecule has 0 bridgehead atoms. The monoisotopic (exact) mass is 369 g/mol. The summed E-state index contributed by atoms with van der Waals surface area (Å²) < 4.78 is 5.22. The molecule has 1 atom stereocenters. The van der Waals surface area contributed by atoms with Gasteiger partial charge in [-0.25, -0.2) is 4.99 Å². The summed E-state index contributed by atoms with van der Waals surface area (Å²) in [6, 6.07) is 5.21. The predicted octanol–water partition coefficient (Wildman–Crippen LogP) is 3.84. The number of guanidine groups is 1. The third-order valence-electron chi connectivity index (χ3n) is 3.29. The van der Waals surface area contributed by atoms with Gasteiger partial charge in [0.2, 0.25) is 5.89 Å². The molecule has 0 spiro atoms. The highest BCUT2D eigenvalue weighted by Gasteiger charge is 2.21.